The molecule has 0 saturated heterocycles. The van der Waals surface area contributed by atoms with Gasteiger partial charge in [-0.05, 0) is 25.6 Å². The van der Waals surface area contributed by atoms with E-state index in [9.17, 15) is 0 Å². The molecule has 1 heterocycles. The van der Waals surface area contributed by atoms with Crippen molar-refractivity contribution < 1.29 is 0 Å². The first-order valence-corrected chi connectivity index (χ1v) is 7.77. The van der Waals surface area contributed by atoms with E-state index in [4.69, 9.17) is 0 Å². The van der Waals surface area contributed by atoms with Crippen molar-refractivity contribution in [2.75, 3.05) is 26.2 Å². The summed E-state index contributed by atoms with van der Waals surface area (Å²) in [6.45, 7) is 11.7. The van der Waals surface area contributed by atoms with Crippen LogP contribution in [0.5, 0.6) is 0 Å². The van der Waals surface area contributed by atoms with Crippen LogP contribution in [0.2, 0.25) is 0 Å². The monoisotopic (exact) mass is 286 g/mol. The van der Waals surface area contributed by atoms with Gasteiger partial charge in [-0.3, -0.25) is 5.10 Å². The molecule has 0 bridgehead atoms. The molecule has 0 saturated carbocycles. The van der Waals surface area contributed by atoms with Gasteiger partial charge < -0.3 is 10.2 Å². The van der Waals surface area contributed by atoms with Gasteiger partial charge in [0.1, 0.15) is 0 Å². The van der Waals surface area contributed by atoms with Crippen LogP contribution >= 0.6 is 0 Å². The number of aromatic nitrogens is 2. The predicted molar refractivity (Wildman–Crippen MR) is 88.3 cm³/mol. The Hall–Kier alpha value is -1.65. The molecule has 1 aromatic heterocycles. The molecule has 0 aliphatic heterocycles. The highest BCUT2D eigenvalue weighted by atomic mass is 15.1. The highest BCUT2D eigenvalue weighted by Crippen LogP contribution is 2.21. The molecule has 2 aromatic rings. The molecular formula is C17H26N4. The summed E-state index contributed by atoms with van der Waals surface area (Å²) in [6, 6.07) is 8.55. The quantitative estimate of drug-likeness (QED) is 0.733. The van der Waals surface area contributed by atoms with Gasteiger partial charge in [-0.25, -0.2) is 0 Å². The minimum atomic E-state index is 0.848. The zero-order chi connectivity index (χ0) is 15.1. The second-order valence-corrected chi connectivity index (χ2v) is 5.34. The van der Waals surface area contributed by atoms with Crippen molar-refractivity contribution in [2.24, 2.45) is 0 Å². The number of nitrogens with one attached hydrogen (secondary N) is 2. The van der Waals surface area contributed by atoms with Crippen molar-refractivity contribution in [3.63, 3.8) is 0 Å². The maximum absolute atomic E-state index is 4.19. The van der Waals surface area contributed by atoms with Crippen LogP contribution in [0.25, 0.3) is 11.3 Å². The molecule has 0 spiro atoms. The first-order valence-electron chi connectivity index (χ1n) is 7.77. The third-order valence-corrected chi connectivity index (χ3v) is 3.87. The molecule has 0 aliphatic rings. The molecule has 114 valence electrons. The summed E-state index contributed by atoms with van der Waals surface area (Å²) >= 11 is 0. The van der Waals surface area contributed by atoms with Gasteiger partial charge in [0.25, 0.3) is 0 Å². The van der Waals surface area contributed by atoms with Crippen LogP contribution in [-0.4, -0.2) is 41.3 Å². The van der Waals surface area contributed by atoms with Gasteiger partial charge in [0.05, 0.1) is 11.9 Å². The molecule has 0 amide bonds. The van der Waals surface area contributed by atoms with Crippen LogP contribution in [0.4, 0.5) is 0 Å². The number of benzene rings is 1. The number of hydrogen-bond donors (Lipinski definition) is 2. The molecule has 0 fully saturated rings. The molecule has 2 rings (SSSR count). The Morgan fingerprint density at radius 1 is 1.14 bits per heavy atom. The van der Waals surface area contributed by atoms with Gasteiger partial charge in [0.15, 0.2) is 0 Å². The van der Waals surface area contributed by atoms with E-state index in [1.807, 2.05) is 6.20 Å². The number of nitrogens with zero attached hydrogens (tertiary/aromatic N) is 2. The van der Waals surface area contributed by atoms with Gasteiger partial charge in [0, 0.05) is 25.2 Å². The van der Waals surface area contributed by atoms with Crippen LogP contribution in [0.1, 0.15) is 25.0 Å². The number of aromatic amines is 1. The summed E-state index contributed by atoms with van der Waals surface area (Å²) in [4.78, 5) is 2.42. The van der Waals surface area contributed by atoms with Crippen LogP contribution in [0.3, 0.4) is 0 Å². The Labute approximate surface area is 127 Å². The summed E-state index contributed by atoms with van der Waals surface area (Å²) in [5.41, 5.74) is 4.81. The largest absolute Gasteiger partial charge is 0.311 e. The molecule has 0 aliphatic carbocycles. The summed E-state index contributed by atoms with van der Waals surface area (Å²) in [5, 5.41) is 10.8. The SMILES string of the molecule is CCN(CC)CCNCc1cn[nH]c1-c1ccc(C)cc1. The van der Waals surface area contributed by atoms with Crippen LogP contribution < -0.4 is 5.32 Å². The summed E-state index contributed by atoms with van der Waals surface area (Å²) in [7, 11) is 0. The smallest absolute Gasteiger partial charge is 0.0695 e. The lowest BCUT2D eigenvalue weighted by Gasteiger charge is -2.17. The molecule has 2 N–H and O–H groups in total. The Kier molecular flexibility index (Phi) is 5.96. The summed E-state index contributed by atoms with van der Waals surface area (Å²) in [5.74, 6) is 0. The average Bonchev–Trinajstić information content (AvgIpc) is 2.97. The fourth-order valence-electron chi connectivity index (χ4n) is 2.42. The van der Waals surface area contributed by atoms with E-state index in [0.717, 1.165) is 38.4 Å². The fourth-order valence-corrected chi connectivity index (χ4v) is 2.42. The molecule has 0 atom stereocenters. The number of H-pyrrole nitrogens is 1. The van der Waals surface area contributed by atoms with E-state index in [1.165, 1.54) is 16.7 Å². The zero-order valence-electron chi connectivity index (χ0n) is 13.3. The predicted octanol–water partition coefficient (Wildman–Crippen LogP) is 2.82. The lowest BCUT2D eigenvalue weighted by Crippen LogP contribution is -2.31. The average molecular weight is 286 g/mol. The molecular weight excluding hydrogens is 260 g/mol. The Bertz CT molecular complexity index is 526. The highest BCUT2D eigenvalue weighted by molar-refractivity contribution is 5.62. The third kappa shape index (κ3) is 4.41. The van der Waals surface area contributed by atoms with Crippen molar-refractivity contribution in [3.8, 4) is 11.3 Å². The van der Waals surface area contributed by atoms with Crippen LogP contribution in [0.15, 0.2) is 30.5 Å². The molecule has 0 radical (unpaired) electrons. The highest BCUT2D eigenvalue weighted by Gasteiger charge is 2.07. The van der Waals surface area contributed by atoms with E-state index in [-0.39, 0.29) is 0 Å². The van der Waals surface area contributed by atoms with Crippen molar-refractivity contribution in [2.45, 2.75) is 27.3 Å². The van der Waals surface area contributed by atoms with E-state index in [2.05, 4.69) is 65.5 Å². The van der Waals surface area contributed by atoms with Gasteiger partial charge in [0.2, 0.25) is 0 Å². The van der Waals surface area contributed by atoms with E-state index in [0.29, 0.717) is 0 Å². The van der Waals surface area contributed by atoms with Crippen molar-refractivity contribution >= 4 is 0 Å². The van der Waals surface area contributed by atoms with E-state index < -0.39 is 0 Å². The molecule has 1 aromatic carbocycles. The van der Waals surface area contributed by atoms with E-state index >= 15 is 0 Å². The van der Waals surface area contributed by atoms with Crippen LogP contribution in [-0.2, 0) is 6.54 Å². The van der Waals surface area contributed by atoms with Gasteiger partial charge in [-0.15, -0.1) is 0 Å². The van der Waals surface area contributed by atoms with Crippen LogP contribution in [0, 0.1) is 6.92 Å². The second kappa shape index (κ2) is 7.96. The van der Waals surface area contributed by atoms with Crippen molar-refractivity contribution in [1.82, 2.24) is 20.4 Å². The Morgan fingerprint density at radius 3 is 2.52 bits per heavy atom. The first-order chi connectivity index (χ1) is 10.2. The third-order valence-electron chi connectivity index (χ3n) is 3.87. The van der Waals surface area contributed by atoms with Gasteiger partial charge in [-0.2, -0.15) is 5.10 Å². The second-order valence-electron chi connectivity index (χ2n) is 5.34. The number of aryl methyl sites for hydroxylation is 1. The van der Waals surface area contributed by atoms with Gasteiger partial charge >= 0.3 is 0 Å². The number of hydrogen-bond acceptors (Lipinski definition) is 3. The molecule has 4 nitrogen and oxygen atoms in total. The van der Waals surface area contributed by atoms with Gasteiger partial charge in [-0.1, -0.05) is 43.7 Å². The zero-order valence-corrected chi connectivity index (χ0v) is 13.3. The lowest BCUT2D eigenvalue weighted by molar-refractivity contribution is 0.302. The lowest BCUT2D eigenvalue weighted by atomic mass is 10.1. The summed E-state index contributed by atoms with van der Waals surface area (Å²) in [6.07, 6.45) is 1.92. The molecule has 0 unspecified atom stereocenters. The van der Waals surface area contributed by atoms with E-state index in [1.54, 1.807) is 0 Å². The number of rotatable bonds is 8. The molecule has 21 heavy (non-hydrogen) atoms. The van der Waals surface area contributed by atoms with Crippen molar-refractivity contribution in [3.05, 3.63) is 41.6 Å². The molecule has 4 heteroatoms. The standard InChI is InChI=1S/C17H26N4/c1-4-21(5-2)11-10-18-12-16-13-19-20-17(16)15-8-6-14(3)7-9-15/h6-9,13,18H,4-5,10-12H2,1-3H3,(H,19,20). The van der Waals surface area contributed by atoms with Crippen molar-refractivity contribution in [1.29, 1.82) is 0 Å². The maximum Gasteiger partial charge on any atom is 0.0695 e. The first kappa shape index (κ1) is 15.7. The minimum absolute atomic E-state index is 0.848. The Balaban J connectivity index is 1.90. The maximum atomic E-state index is 4.19. The number of likely N-dealkylation sites (N-methyl/N-ethyl adjacent to an activating group) is 1. The Morgan fingerprint density at radius 2 is 1.86 bits per heavy atom. The fraction of sp³-hybridized carbons (Fsp3) is 0.471. The topological polar surface area (TPSA) is 44.0 Å². The normalized spacial score (nSPS) is 11.2. The minimum Gasteiger partial charge on any atom is -0.311 e. The summed E-state index contributed by atoms with van der Waals surface area (Å²) < 4.78 is 0.